The zero-order valence-corrected chi connectivity index (χ0v) is 9.43. The van der Waals surface area contributed by atoms with Gasteiger partial charge in [0.1, 0.15) is 0 Å². The SMILES string of the molecule is ClC[C@@H]1COC[C@H]1CC(Cl)(Cl)Cl. The molecular weight excluding hydrogens is 242 g/mol. The molecule has 2 atom stereocenters. The molecule has 1 nitrogen and oxygen atoms in total. The number of rotatable bonds is 2. The molecule has 0 aromatic rings. The van der Waals surface area contributed by atoms with Gasteiger partial charge in [0.2, 0.25) is 0 Å². The van der Waals surface area contributed by atoms with E-state index >= 15 is 0 Å². The van der Waals surface area contributed by atoms with Crippen molar-refractivity contribution in [1.82, 2.24) is 0 Å². The third-order valence-electron chi connectivity index (χ3n) is 2.02. The first kappa shape index (κ1) is 11.2. The average Bonchev–Trinajstić information content (AvgIpc) is 2.31. The number of hydrogen-bond donors (Lipinski definition) is 0. The van der Waals surface area contributed by atoms with Crippen molar-refractivity contribution in [2.24, 2.45) is 11.8 Å². The highest BCUT2D eigenvalue weighted by molar-refractivity contribution is 6.67. The highest BCUT2D eigenvalue weighted by Crippen LogP contribution is 2.38. The molecule has 0 aromatic carbocycles. The molecule has 0 unspecified atom stereocenters. The van der Waals surface area contributed by atoms with E-state index in [1.807, 2.05) is 0 Å². The lowest BCUT2D eigenvalue weighted by Gasteiger charge is -2.19. The second-order valence-corrected chi connectivity index (χ2v) is 5.86. The van der Waals surface area contributed by atoms with Crippen molar-refractivity contribution in [1.29, 1.82) is 0 Å². The normalized spacial score (nSPS) is 31.0. The molecule has 0 aliphatic carbocycles. The predicted octanol–water partition coefficient (Wildman–Crippen LogP) is 3.25. The lowest BCUT2D eigenvalue weighted by atomic mass is 9.95. The van der Waals surface area contributed by atoms with Crippen molar-refractivity contribution >= 4 is 46.4 Å². The van der Waals surface area contributed by atoms with Crippen molar-refractivity contribution in [2.75, 3.05) is 19.1 Å². The highest BCUT2D eigenvalue weighted by Gasteiger charge is 2.34. The van der Waals surface area contributed by atoms with Gasteiger partial charge in [0.25, 0.3) is 0 Å². The smallest absolute Gasteiger partial charge is 0.191 e. The van der Waals surface area contributed by atoms with Crippen LogP contribution in [0.15, 0.2) is 0 Å². The van der Waals surface area contributed by atoms with Crippen LogP contribution in [0.5, 0.6) is 0 Å². The highest BCUT2D eigenvalue weighted by atomic mass is 35.6. The van der Waals surface area contributed by atoms with Crippen LogP contribution in [-0.4, -0.2) is 22.9 Å². The summed E-state index contributed by atoms with van der Waals surface area (Å²) in [5.41, 5.74) is 0. The van der Waals surface area contributed by atoms with E-state index in [1.54, 1.807) is 0 Å². The molecule has 12 heavy (non-hydrogen) atoms. The molecule has 0 bridgehead atoms. The maximum Gasteiger partial charge on any atom is 0.191 e. The Balaban J connectivity index is 2.41. The van der Waals surface area contributed by atoms with Crippen LogP contribution in [0, 0.1) is 11.8 Å². The second kappa shape index (κ2) is 4.56. The van der Waals surface area contributed by atoms with Crippen molar-refractivity contribution in [3.8, 4) is 0 Å². The Hall–Kier alpha value is 1.12. The zero-order chi connectivity index (χ0) is 9.19. The summed E-state index contributed by atoms with van der Waals surface area (Å²) >= 11 is 22.7. The zero-order valence-electron chi connectivity index (χ0n) is 6.40. The summed E-state index contributed by atoms with van der Waals surface area (Å²) < 4.78 is 4.07. The first-order valence-corrected chi connectivity index (χ1v) is 5.40. The lowest BCUT2D eigenvalue weighted by Crippen LogP contribution is -2.20. The van der Waals surface area contributed by atoms with Gasteiger partial charge < -0.3 is 4.74 Å². The fourth-order valence-corrected chi connectivity index (χ4v) is 2.27. The Labute approximate surface area is 92.2 Å². The Morgan fingerprint density at radius 2 is 1.75 bits per heavy atom. The first-order valence-electron chi connectivity index (χ1n) is 3.73. The molecule has 1 aliphatic heterocycles. The van der Waals surface area contributed by atoms with E-state index in [1.165, 1.54) is 0 Å². The van der Waals surface area contributed by atoms with Gasteiger partial charge in [-0.2, -0.15) is 0 Å². The van der Waals surface area contributed by atoms with Crippen LogP contribution < -0.4 is 0 Å². The van der Waals surface area contributed by atoms with Crippen LogP contribution in [0.1, 0.15) is 6.42 Å². The minimum atomic E-state index is -1.18. The molecule has 1 heterocycles. The molecule has 1 saturated heterocycles. The molecule has 72 valence electrons. The Bertz CT molecular complexity index is 145. The fraction of sp³-hybridized carbons (Fsp3) is 1.00. The van der Waals surface area contributed by atoms with Gasteiger partial charge in [-0.05, 0) is 12.3 Å². The van der Waals surface area contributed by atoms with Crippen molar-refractivity contribution in [3.63, 3.8) is 0 Å². The molecule has 1 rings (SSSR count). The molecular formula is C7H10Cl4O. The van der Waals surface area contributed by atoms with Crippen molar-refractivity contribution < 1.29 is 4.74 Å². The summed E-state index contributed by atoms with van der Waals surface area (Å²) in [6.07, 6.45) is 0.523. The Morgan fingerprint density at radius 3 is 2.25 bits per heavy atom. The molecule has 5 heteroatoms. The number of alkyl halides is 4. The summed E-state index contributed by atoms with van der Waals surface area (Å²) in [5.74, 6) is 1.20. The molecule has 0 aromatic heterocycles. The van der Waals surface area contributed by atoms with E-state index in [9.17, 15) is 0 Å². The number of hydrogen-bond acceptors (Lipinski definition) is 1. The van der Waals surface area contributed by atoms with Crippen LogP contribution in [0.25, 0.3) is 0 Å². The summed E-state index contributed by atoms with van der Waals surface area (Å²) in [4.78, 5) is 0. The van der Waals surface area contributed by atoms with Crippen LogP contribution >= 0.6 is 46.4 Å². The largest absolute Gasteiger partial charge is 0.381 e. The van der Waals surface area contributed by atoms with Crippen molar-refractivity contribution in [2.45, 2.75) is 10.2 Å². The fourth-order valence-electron chi connectivity index (χ4n) is 1.34. The van der Waals surface area contributed by atoms with Gasteiger partial charge in [0, 0.05) is 18.4 Å². The first-order chi connectivity index (χ1) is 5.53. The lowest BCUT2D eigenvalue weighted by molar-refractivity contribution is 0.181. The minimum Gasteiger partial charge on any atom is -0.381 e. The maximum atomic E-state index is 5.72. The van der Waals surface area contributed by atoms with Gasteiger partial charge in [0.05, 0.1) is 6.61 Å². The van der Waals surface area contributed by atoms with Gasteiger partial charge in [-0.1, -0.05) is 34.8 Å². The standard InChI is InChI=1S/C7H10Cl4O/c8-2-6-4-12-3-5(6)1-7(9,10)11/h5-6H,1-4H2/t5-,6-/m1/s1. The predicted molar refractivity (Wildman–Crippen MR) is 53.4 cm³/mol. The monoisotopic (exact) mass is 250 g/mol. The summed E-state index contributed by atoms with van der Waals surface area (Å²) in [7, 11) is 0. The average molecular weight is 252 g/mol. The third-order valence-corrected chi connectivity index (χ3v) is 2.88. The van der Waals surface area contributed by atoms with E-state index in [0.29, 0.717) is 31.4 Å². The molecule has 0 N–H and O–H groups in total. The molecule has 0 saturated carbocycles. The molecule has 0 spiro atoms. The van der Waals surface area contributed by atoms with Crippen LogP contribution in [0.2, 0.25) is 0 Å². The van der Waals surface area contributed by atoms with Gasteiger partial charge in [0.15, 0.2) is 3.79 Å². The van der Waals surface area contributed by atoms with Gasteiger partial charge >= 0.3 is 0 Å². The summed E-state index contributed by atoms with van der Waals surface area (Å²) in [6, 6.07) is 0. The molecule has 0 radical (unpaired) electrons. The number of ether oxygens (including phenoxy) is 1. The van der Waals surface area contributed by atoms with Gasteiger partial charge in [-0.25, -0.2) is 0 Å². The van der Waals surface area contributed by atoms with E-state index in [-0.39, 0.29) is 5.92 Å². The van der Waals surface area contributed by atoms with E-state index in [2.05, 4.69) is 0 Å². The van der Waals surface area contributed by atoms with Crippen LogP contribution in [0.4, 0.5) is 0 Å². The third kappa shape index (κ3) is 3.47. The topological polar surface area (TPSA) is 9.23 Å². The molecule has 1 fully saturated rings. The molecule has 0 amide bonds. The van der Waals surface area contributed by atoms with E-state index < -0.39 is 3.79 Å². The second-order valence-electron chi connectivity index (χ2n) is 3.03. The quantitative estimate of drug-likeness (QED) is 0.685. The van der Waals surface area contributed by atoms with Crippen LogP contribution in [-0.2, 0) is 4.74 Å². The Morgan fingerprint density at radius 1 is 1.17 bits per heavy atom. The van der Waals surface area contributed by atoms with E-state index in [4.69, 9.17) is 51.1 Å². The summed E-state index contributed by atoms with van der Waals surface area (Å²) in [6.45, 7) is 1.35. The van der Waals surface area contributed by atoms with Gasteiger partial charge in [-0.15, -0.1) is 11.6 Å². The minimum absolute atomic E-state index is 0.287. The van der Waals surface area contributed by atoms with E-state index in [0.717, 1.165) is 0 Å². The van der Waals surface area contributed by atoms with Gasteiger partial charge in [-0.3, -0.25) is 0 Å². The Kier molecular flexibility index (Phi) is 4.26. The molecule has 1 aliphatic rings. The maximum absolute atomic E-state index is 5.72. The summed E-state index contributed by atoms with van der Waals surface area (Å²) in [5, 5.41) is 0. The van der Waals surface area contributed by atoms with Crippen LogP contribution in [0.3, 0.4) is 0 Å². The number of halogens is 4. The van der Waals surface area contributed by atoms with Crippen molar-refractivity contribution in [3.05, 3.63) is 0 Å².